The van der Waals surface area contributed by atoms with Crippen molar-refractivity contribution in [3.8, 4) is 0 Å². The summed E-state index contributed by atoms with van der Waals surface area (Å²) in [5.74, 6) is 0.108. The molecule has 2 heterocycles. The van der Waals surface area contributed by atoms with E-state index in [4.69, 9.17) is 4.74 Å². The van der Waals surface area contributed by atoms with Gasteiger partial charge in [-0.25, -0.2) is 21.6 Å². The quantitative estimate of drug-likeness (QED) is 0.736. The van der Waals surface area contributed by atoms with Gasteiger partial charge in [0, 0.05) is 39.1 Å². The SMILES string of the molecule is O=S(=O)(NCC1(O)CCOCC1)c1ccc(N2CCCCS2(=O)=O)cc1. The molecule has 26 heavy (non-hydrogen) atoms. The first kappa shape index (κ1) is 19.6. The average molecular weight is 405 g/mol. The van der Waals surface area contributed by atoms with Gasteiger partial charge in [-0.05, 0) is 37.1 Å². The third kappa shape index (κ3) is 4.37. The van der Waals surface area contributed by atoms with Crippen molar-refractivity contribution in [2.75, 3.05) is 36.4 Å². The predicted molar refractivity (Wildman–Crippen MR) is 97.0 cm³/mol. The Balaban J connectivity index is 1.70. The minimum atomic E-state index is -3.79. The summed E-state index contributed by atoms with van der Waals surface area (Å²) in [5, 5.41) is 10.4. The maximum Gasteiger partial charge on any atom is 0.240 e. The van der Waals surface area contributed by atoms with Crippen LogP contribution in [0.3, 0.4) is 0 Å². The first-order valence-electron chi connectivity index (χ1n) is 8.62. The highest BCUT2D eigenvalue weighted by Gasteiger charge is 2.32. The number of nitrogens with one attached hydrogen (secondary N) is 1. The lowest BCUT2D eigenvalue weighted by Gasteiger charge is -2.32. The predicted octanol–water partition coefficient (Wildman–Crippen LogP) is 0.436. The summed E-state index contributed by atoms with van der Waals surface area (Å²) in [5.41, 5.74) is -0.639. The van der Waals surface area contributed by atoms with Crippen LogP contribution in [0.1, 0.15) is 25.7 Å². The van der Waals surface area contributed by atoms with E-state index in [1.807, 2.05) is 0 Å². The van der Waals surface area contributed by atoms with Gasteiger partial charge in [-0.3, -0.25) is 4.31 Å². The summed E-state index contributed by atoms with van der Waals surface area (Å²) in [7, 11) is -7.13. The molecule has 0 radical (unpaired) electrons. The van der Waals surface area contributed by atoms with Crippen LogP contribution < -0.4 is 9.03 Å². The second-order valence-corrected chi connectivity index (χ2v) is 10.5. The molecule has 2 aliphatic rings. The zero-order valence-corrected chi connectivity index (χ0v) is 16.1. The highest BCUT2D eigenvalue weighted by molar-refractivity contribution is 7.92. The normalized spacial score (nSPS) is 22.9. The highest BCUT2D eigenvalue weighted by atomic mass is 32.2. The molecule has 0 aliphatic carbocycles. The van der Waals surface area contributed by atoms with E-state index in [0.29, 0.717) is 44.7 Å². The van der Waals surface area contributed by atoms with E-state index in [1.54, 1.807) is 0 Å². The Kier molecular flexibility index (Phi) is 5.59. The number of anilines is 1. The lowest BCUT2D eigenvalue weighted by molar-refractivity contribution is -0.0588. The van der Waals surface area contributed by atoms with Crippen LogP contribution in [0.2, 0.25) is 0 Å². The zero-order chi connectivity index (χ0) is 18.8. The summed E-state index contributed by atoms with van der Waals surface area (Å²) in [4.78, 5) is 0.0336. The molecule has 8 nitrogen and oxygen atoms in total. The molecule has 0 atom stereocenters. The van der Waals surface area contributed by atoms with Crippen molar-refractivity contribution < 1.29 is 26.7 Å². The molecule has 0 saturated carbocycles. The highest BCUT2D eigenvalue weighted by Crippen LogP contribution is 2.25. The van der Waals surface area contributed by atoms with Gasteiger partial charge < -0.3 is 9.84 Å². The second-order valence-electron chi connectivity index (χ2n) is 6.75. The maximum atomic E-state index is 12.4. The van der Waals surface area contributed by atoms with Gasteiger partial charge >= 0.3 is 0 Å². The smallest absolute Gasteiger partial charge is 0.240 e. The second kappa shape index (κ2) is 7.43. The van der Waals surface area contributed by atoms with Gasteiger partial charge in [0.1, 0.15) is 0 Å². The molecule has 10 heteroatoms. The number of ether oxygens (including phenoxy) is 1. The van der Waals surface area contributed by atoms with Crippen LogP contribution in [0.25, 0.3) is 0 Å². The number of rotatable bonds is 5. The van der Waals surface area contributed by atoms with E-state index >= 15 is 0 Å². The van der Waals surface area contributed by atoms with Crippen molar-refractivity contribution >= 4 is 25.7 Å². The molecule has 0 amide bonds. The van der Waals surface area contributed by atoms with Crippen LogP contribution in [0, 0.1) is 0 Å². The maximum absolute atomic E-state index is 12.4. The molecule has 2 N–H and O–H groups in total. The third-order valence-electron chi connectivity index (χ3n) is 4.80. The molecule has 1 aromatic rings. The fourth-order valence-corrected chi connectivity index (χ4v) is 5.87. The van der Waals surface area contributed by atoms with Crippen LogP contribution in [0.4, 0.5) is 5.69 Å². The zero-order valence-electron chi connectivity index (χ0n) is 14.4. The Bertz CT molecular complexity index is 830. The van der Waals surface area contributed by atoms with Crippen LogP contribution in [-0.4, -0.2) is 59.6 Å². The average Bonchev–Trinajstić information content (AvgIpc) is 2.61. The Morgan fingerprint density at radius 3 is 2.42 bits per heavy atom. The van der Waals surface area contributed by atoms with Gasteiger partial charge in [0.05, 0.1) is 21.9 Å². The van der Waals surface area contributed by atoms with Crippen molar-refractivity contribution in [1.29, 1.82) is 0 Å². The summed E-state index contributed by atoms with van der Waals surface area (Å²) in [6.07, 6.45) is 2.18. The molecule has 146 valence electrons. The number of sulfonamides is 2. The molecular formula is C16H24N2O6S2. The summed E-state index contributed by atoms with van der Waals surface area (Å²) in [6, 6.07) is 5.77. The Morgan fingerprint density at radius 1 is 1.15 bits per heavy atom. The third-order valence-corrected chi connectivity index (χ3v) is 8.09. The minimum absolute atomic E-state index is 0.0336. The van der Waals surface area contributed by atoms with Gasteiger partial charge in [-0.15, -0.1) is 0 Å². The van der Waals surface area contributed by atoms with E-state index < -0.39 is 25.6 Å². The topological polar surface area (TPSA) is 113 Å². The summed E-state index contributed by atoms with van der Waals surface area (Å²) >= 11 is 0. The van der Waals surface area contributed by atoms with Crippen LogP contribution in [0.5, 0.6) is 0 Å². The Labute approximate surface area is 154 Å². The van der Waals surface area contributed by atoms with Crippen LogP contribution in [-0.2, 0) is 24.8 Å². The molecular weight excluding hydrogens is 380 g/mol. The molecule has 3 rings (SSSR count). The number of aliphatic hydroxyl groups is 1. The van der Waals surface area contributed by atoms with Crippen molar-refractivity contribution in [3.63, 3.8) is 0 Å². The monoisotopic (exact) mass is 404 g/mol. The number of hydrogen-bond acceptors (Lipinski definition) is 6. The van der Waals surface area contributed by atoms with Gasteiger partial charge in [0.25, 0.3) is 0 Å². The lowest BCUT2D eigenvalue weighted by Crippen LogP contribution is -2.46. The van der Waals surface area contributed by atoms with Gasteiger partial charge in [0.15, 0.2) is 0 Å². The van der Waals surface area contributed by atoms with Crippen LogP contribution in [0.15, 0.2) is 29.2 Å². The fourth-order valence-electron chi connectivity index (χ4n) is 3.11. The number of hydrogen-bond donors (Lipinski definition) is 2. The standard InChI is InChI=1S/C16H24N2O6S2/c19-16(7-10-24-11-8-16)13-17-26(22,23)15-5-3-14(4-6-15)18-9-1-2-12-25(18,20)21/h3-6,17,19H,1-2,7-13H2. The summed E-state index contributed by atoms with van der Waals surface area (Å²) in [6.45, 7) is 1.12. The van der Waals surface area contributed by atoms with Crippen molar-refractivity contribution in [2.45, 2.75) is 36.2 Å². The van der Waals surface area contributed by atoms with Crippen molar-refractivity contribution in [3.05, 3.63) is 24.3 Å². The van der Waals surface area contributed by atoms with E-state index in [2.05, 4.69) is 4.72 Å². The van der Waals surface area contributed by atoms with Gasteiger partial charge in [-0.1, -0.05) is 0 Å². The van der Waals surface area contributed by atoms with Crippen LogP contribution >= 0.6 is 0 Å². The molecule has 0 spiro atoms. The molecule has 1 aromatic carbocycles. The van der Waals surface area contributed by atoms with Gasteiger partial charge in [0.2, 0.25) is 20.0 Å². The van der Waals surface area contributed by atoms with E-state index in [9.17, 15) is 21.9 Å². The summed E-state index contributed by atoms with van der Waals surface area (Å²) < 4.78 is 58.1. The fraction of sp³-hybridized carbons (Fsp3) is 0.625. The number of benzene rings is 1. The molecule has 2 aliphatic heterocycles. The largest absolute Gasteiger partial charge is 0.388 e. The lowest BCUT2D eigenvalue weighted by atomic mass is 9.95. The van der Waals surface area contributed by atoms with E-state index in [0.717, 1.165) is 6.42 Å². The van der Waals surface area contributed by atoms with Crippen molar-refractivity contribution in [1.82, 2.24) is 4.72 Å². The molecule has 0 unspecified atom stereocenters. The molecule has 2 fully saturated rings. The molecule has 0 bridgehead atoms. The minimum Gasteiger partial charge on any atom is -0.388 e. The first-order valence-corrected chi connectivity index (χ1v) is 11.7. The Morgan fingerprint density at radius 2 is 1.81 bits per heavy atom. The Hall–Kier alpha value is -1.20. The number of nitrogens with zero attached hydrogens (tertiary/aromatic N) is 1. The molecule has 0 aromatic heterocycles. The first-order chi connectivity index (χ1) is 12.2. The van der Waals surface area contributed by atoms with Crippen molar-refractivity contribution in [2.24, 2.45) is 0 Å². The molecule has 2 saturated heterocycles. The van der Waals surface area contributed by atoms with Gasteiger partial charge in [-0.2, -0.15) is 0 Å². The van der Waals surface area contributed by atoms with E-state index in [1.165, 1.54) is 28.6 Å². The van der Waals surface area contributed by atoms with E-state index in [-0.39, 0.29) is 17.2 Å².